The van der Waals surface area contributed by atoms with E-state index in [4.69, 9.17) is 14.2 Å². The summed E-state index contributed by atoms with van der Waals surface area (Å²) in [5, 5.41) is 2.92. The van der Waals surface area contributed by atoms with Gasteiger partial charge < -0.3 is 19.5 Å². The molecule has 0 saturated heterocycles. The second-order valence-electron chi connectivity index (χ2n) is 6.97. The fourth-order valence-electron chi connectivity index (χ4n) is 1.83. The van der Waals surface area contributed by atoms with Crippen molar-refractivity contribution in [1.29, 1.82) is 0 Å². The highest BCUT2D eigenvalue weighted by Gasteiger charge is 2.25. The van der Waals surface area contributed by atoms with E-state index >= 15 is 0 Å². The highest BCUT2D eigenvalue weighted by Crippen LogP contribution is 2.10. The van der Waals surface area contributed by atoms with Gasteiger partial charge in [-0.25, -0.2) is 4.79 Å². The molecule has 0 rings (SSSR count). The Bertz CT molecular complexity index is 380. The fraction of sp³-hybridized carbons (Fsp3) is 0.882. The SMILES string of the molecule is CCOCC(NC(=O)CN(CCOC)C(=O)OC(C)(C)C)C(C)C. The van der Waals surface area contributed by atoms with Gasteiger partial charge in [-0.3, -0.25) is 9.69 Å². The van der Waals surface area contributed by atoms with E-state index in [1.165, 1.54) is 4.90 Å². The van der Waals surface area contributed by atoms with Gasteiger partial charge in [0.15, 0.2) is 0 Å². The molecule has 7 heteroatoms. The molecule has 24 heavy (non-hydrogen) atoms. The summed E-state index contributed by atoms with van der Waals surface area (Å²) in [6, 6.07) is -0.0969. The van der Waals surface area contributed by atoms with Crippen molar-refractivity contribution in [2.45, 2.75) is 53.2 Å². The molecule has 7 nitrogen and oxygen atoms in total. The van der Waals surface area contributed by atoms with Gasteiger partial charge in [0.2, 0.25) is 5.91 Å². The molecule has 0 aromatic rings. The number of hydrogen-bond acceptors (Lipinski definition) is 5. The zero-order valence-corrected chi connectivity index (χ0v) is 16.2. The van der Waals surface area contributed by atoms with Crippen LogP contribution in [-0.2, 0) is 19.0 Å². The lowest BCUT2D eigenvalue weighted by molar-refractivity contribution is -0.124. The van der Waals surface area contributed by atoms with Crippen LogP contribution in [0.4, 0.5) is 4.79 Å². The predicted molar refractivity (Wildman–Crippen MR) is 92.9 cm³/mol. The highest BCUT2D eigenvalue weighted by molar-refractivity contribution is 5.82. The lowest BCUT2D eigenvalue weighted by Gasteiger charge is -2.28. The largest absolute Gasteiger partial charge is 0.444 e. The summed E-state index contributed by atoms with van der Waals surface area (Å²) in [7, 11) is 1.55. The third kappa shape index (κ3) is 10.4. The number of rotatable bonds is 10. The Morgan fingerprint density at radius 2 is 1.83 bits per heavy atom. The Kier molecular flexibility index (Phi) is 10.6. The number of carbonyl (C=O) groups excluding carboxylic acids is 2. The van der Waals surface area contributed by atoms with Crippen molar-refractivity contribution in [3.05, 3.63) is 0 Å². The number of nitrogens with one attached hydrogen (secondary N) is 1. The normalized spacial score (nSPS) is 12.8. The number of hydrogen-bond donors (Lipinski definition) is 1. The van der Waals surface area contributed by atoms with Gasteiger partial charge >= 0.3 is 6.09 Å². The molecule has 0 bridgehead atoms. The summed E-state index contributed by atoms with van der Waals surface area (Å²) in [5.41, 5.74) is -0.617. The average molecular weight is 346 g/mol. The Morgan fingerprint density at radius 3 is 2.29 bits per heavy atom. The van der Waals surface area contributed by atoms with E-state index in [0.29, 0.717) is 19.8 Å². The lowest BCUT2D eigenvalue weighted by atomic mass is 10.1. The molecule has 0 aromatic carbocycles. The minimum Gasteiger partial charge on any atom is -0.444 e. The maximum absolute atomic E-state index is 12.3. The monoisotopic (exact) mass is 346 g/mol. The van der Waals surface area contributed by atoms with Crippen LogP contribution in [-0.4, -0.2) is 68.6 Å². The van der Waals surface area contributed by atoms with Crippen molar-refractivity contribution in [3.8, 4) is 0 Å². The summed E-state index contributed by atoms with van der Waals surface area (Å²) in [6.45, 7) is 12.9. The Morgan fingerprint density at radius 1 is 1.21 bits per heavy atom. The molecular weight excluding hydrogens is 312 g/mol. The van der Waals surface area contributed by atoms with E-state index < -0.39 is 11.7 Å². The van der Waals surface area contributed by atoms with Crippen LogP contribution in [0, 0.1) is 5.92 Å². The fourth-order valence-corrected chi connectivity index (χ4v) is 1.83. The van der Waals surface area contributed by atoms with Crippen LogP contribution in [0.25, 0.3) is 0 Å². The van der Waals surface area contributed by atoms with Gasteiger partial charge in [0.05, 0.1) is 19.3 Å². The first-order valence-electron chi connectivity index (χ1n) is 8.44. The first kappa shape index (κ1) is 22.7. The van der Waals surface area contributed by atoms with E-state index in [9.17, 15) is 9.59 Å². The molecular formula is C17H34N2O5. The van der Waals surface area contributed by atoms with Crippen LogP contribution in [0.1, 0.15) is 41.5 Å². The van der Waals surface area contributed by atoms with Gasteiger partial charge in [0.1, 0.15) is 12.1 Å². The number of amides is 2. The molecule has 0 saturated carbocycles. The van der Waals surface area contributed by atoms with Gasteiger partial charge in [0, 0.05) is 20.3 Å². The molecule has 1 atom stereocenters. The average Bonchev–Trinajstić information content (AvgIpc) is 2.45. The Labute approximate surface area is 146 Å². The molecule has 1 N–H and O–H groups in total. The summed E-state index contributed by atoms with van der Waals surface area (Å²) in [5.74, 6) is -0.00943. The van der Waals surface area contributed by atoms with E-state index in [2.05, 4.69) is 5.32 Å². The van der Waals surface area contributed by atoms with Crippen LogP contribution in [0.3, 0.4) is 0 Å². The second kappa shape index (κ2) is 11.3. The summed E-state index contributed by atoms with van der Waals surface area (Å²) >= 11 is 0. The van der Waals surface area contributed by atoms with Crippen LogP contribution >= 0.6 is 0 Å². The third-order valence-corrected chi connectivity index (χ3v) is 3.20. The van der Waals surface area contributed by atoms with Crippen molar-refractivity contribution in [2.75, 3.05) is 40.0 Å². The zero-order valence-electron chi connectivity index (χ0n) is 16.2. The predicted octanol–water partition coefficient (Wildman–Crippen LogP) is 2.05. The lowest BCUT2D eigenvalue weighted by Crippen LogP contribution is -2.49. The topological polar surface area (TPSA) is 77.1 Å². The molecule has 0 aliphatic heterocycles. The molecule has 0 spiro atoms. The van der Waals surface area contributed by atoms with Gasteiger partial charge in [-0.05, 0) is 33.6 Å². The van der Waals surface area contributed by atoms with Crippen LogP contribution in [0.15, 0.2) is 0 Å². The first-order chi connectivity index (χ1) is 11.1. The van der Waals surface area contributed by atoms with Gasteiger partial charge in [-0.1, -0.05) is 13.8 Å². The van der Waals surface area contributed by atoms with Gasteiger partial charge in [-0.15, -0.1) is 0 Å². The Balaban J connectivity index is 4.75. The van der Waals surface area contributed by atoms with Crippen LogP contribution < -0.4 is 5.32 Å². The smallest absolute Gasteiger partial charge is 0.410 e. The number of methoxy groups -OCH3 is 1. The molecule has 0 fully saturated rings. The number of nitrogens with zero attached hydrogens (tertiary/aromatic N) is 1. The van der Waals surface area contributed by atoms with E-state index in [1.807, 2.05) is 20.8 Å². The molecule has 0 radical (unpaired) electrons. The standard InChI is InChI=1S/C17H34N2O5/c1-8-23-12-14(13(2)3)18-15(20)11-19(9-10-22-7)16(21)24-17(4,5)6/h13-14H,8-12H2,1-7H3,(H,18,20). The van der Waals surface area contributed by atoms with Gasteiger partial charge in [0.25, 0.3) is 0 Å². The third-order valence-electron chi connectivity index (χ3n) is 3.20. The zero-order chi connectivity index (χ0) is 18.8. The molecule has 0 aliphatic rings. The van der Waals surface area contributed by atoms with Crippen molar-refractivity contribution >= 4 is 12.0 Å². The molecule has 0 aromatic heterocycles. The van der Waals surface area contributed by atoms with Crippen LogP contribution in [0.5, 0.6) is 0 Å². The van der Waals surface area contributed by atoms with Crippen molar-refractivity contribution in [1.82, 2.24) is 10.2 Å². The van der Waals surface area contributed by atoms with E-state index in [0.717, 1.165) is 0 Å². The molecule has 1 unspecified atom stereocenters. The van der Waals surface area contributed by atoms with Crippen molar-refractivity contribution in [2.24, 2.45) is 5.92 Å². The van der Waals surface area contributed by atoms with E-state index in [-0.39, 0.29) is 31.0 Å². The summed E-state index contributed by atoms with van der Waals surface area (Å²) in [6.07, 6.45) is -0.527. The molecule has 142 valence electrons. The minimum atomic E-state index is -0.617. The second-order valence-corrected chi connectivity index (χ2v) is 6.97. The summed E-state index contributed by atoms with van der Waals surface area (Å²) in [4.78, 5) is 25.9. The quantitative estimate of drug-likeness (QED) is 0.655. The highest BCUT2D eigenvalue weighted by atomic mass is 16.6. The minimum absolute atomic E-state index is 0.0758. The maximum Gasteiger partial charge on any atom is 0.410 e. The van der Waals surface area contributed by atoms with Crippen LogP contribution in [0.2, 0.25) is 0 Å². The van der Waals surface area contributed by atoms with Crippen molar-refractivity contribution in [3.63, 3.8) is 0 Å². The summed E-state index contributed by atoms with van der Waals surface area (Å²) < 4.78 is 15.7. The van der Waals surface area contributed by atoms with Crippen molar-refractivity contribution < 1.29 is 23.8 Å². The maximum atomic E-state index is 12.3. The molecule has 0 heterocycles. The van der Waals surface area contributed by atoms with E-state index in [1.54, 1.807) is 27.9 Å². The molecule has 2 amide bonds. The molecule has 0 aliphatic carbocycles. The number of ether oxygens (including phenoxy) is 3. The Hall–Kier alpha value is -1.34. The van der Waals surface area contributed by atoms with Gasteiger partial charge in [-0.2, -0.15) is 0 Å². The number of carbonyl (C=O) groups is 2. The first-order valence-corrected chi connectivity index (χ1v) is 8.44.